The van der Waals surface area contributed by atoms with E-state index < -0.39 is 0 Å². The first-order chi connectivity index (χ1) is 15.6. The topological polar surface area (TPSA) is 92.5 Å². The lowest BCUT2D eigenvalue weighted by Crippen LogP contribution is -2.43. The summed E-state index contributed by atoms with van der Waals surface area (Å²) in [6.45, 7) is 1.75. The molecule has 1 aliphatic heterocycles. The Labute approximate surface area is 189 Å². The summed E-state index contributed by atoms with van der Waals surface area (Å²) in [4.78, 5) is 15.2. The molecular formula is C24H32N2O6. The number of ether oxygens (including phenoxy) is 5. The summed E-state index contributed by atoms with van der Waals surface area (Å²) in [6.07, 6.45) is 2.61. The molecule has 1 saturated heterocycles. The second kappa shape index (κ2) is 11.1. The molecule has 0 aliphatic carbocycles. The molecule has 0 saturated carbocycles. The lowest BCUT2D eigenvalue weighted by atomic mass is 10.0. The Balaban J connectivity index is 2.00. The Kier molecular flexibility index (Phi) is 8.19. The number of hydrogen-bond donors (Lipinski definition) is 1. The first-order valence-corrected chi connectivity index (χ1v) is 10.7. The van der Waals surface area contributed by atoms with Gasteiger partial charge in [-0.05, 0) is 43.5 Å². The monoisotopic (exact) mass is 444 g/mol. The van der Waals surface area contributed by atoms with Crippen LogP contribution >= 0.6 is 0 Å². The average molecular weight is 445 g/mol. The lowest BCUT2D eigenvalue weighted by Gasteiger charge is -2.32. The molecule has 0 spiro atoms. The van der Waals surface area contributed by atoms with Gasteiger partial charge in [0, 0.05) is 26.3 Å². The maximum atomic E-state index is 13.5. The van der Waals surface area contributed by atoms with Crippen molar-refractivity contribution in [1.82, 2.24) is 4.90 Å². The van der Waals surface area contributed by atoms with Crippen molar-refractivity contribution in [3.8, 4) is 28.7 Å². The van der Waals surface area contributed by atoms with Crippen LogP contribution in [0.5, 0.6) is 28.7 Å². The van der Waals surface area contributed by atoms with Crippen molar-refractivity contribution in [1.29, 1.82) is 0 Å². The second-order valence-electron chi connectivity index (χ2n) is 7.56. The van der Waals surface area contributed by atoms with E-state index in [0.717, 1.165) is 24.8 Å². The van der Waals surface area contributed by atoms with E-state index in [9.17, 15) is 4.79 Å². The predicted molar refractivity (Wildman–Crippen MR) is 121 cm³/mol. The van der Waals surface area contributed by atoms with Crippen molar-refractivity contribution in [2.75, 3.05) is 48.1 Å². The zero-order valence-corrected chi connectivity index (χ0v) is 19.2. The predicted octanol–water partition coefficient (Wildman–Crippen LogP) is 3.26. The van der Waals surface area contributed by atoms with Gasteiger partial charge in [0.2, 0.25) is 11.5 Å². The van der Waals surface area contributed by atoms with Crippen LogP contribution < -0.4 is 24.7 Å². The second-order valence-corrected chi connectivity index (χ2v) is 7.56. The Bertz CT molecular complexity index is 916. The van der Waals surface area contributed by atoms with Gasteiger partial charge in [-0.1, -0.05) is 12.1 Å². The third-order valence-corrected chi connectivity index (χ3v) is 5.58. The van der Waals surface area contributed by atoms with Crippen LogP contribution in [0.25, 0.3) is 0 Å². The molecule has 0 aromatic heterocycles. The highest BCUT2D eigenvalue weighted by Crippen LogP contribution is 2.48. The van der Waals surface area contributed by atoms with Gasteiger partial charge in [-0.2, -0.15) is 0 Å². The summed E-state index contributed by atoms with van der Waals surface area (Å²) < 4.78 is 28.3. The van der Waals surface area contributed by atoms with Gasteiger partial charge >= 0.3 is 0 Å². The van der Waals surface area contributed by atoms with Gasteiger partial charge in [0.1, 0.15) is 5.75 Å². The number of nitrogens with zero attached hydrogens (tertiary/aromatic N) is 1. The van der Waals surface area contributed by atoms with Crippen molar-refractivity contribution in [3.05, 3.63) is 41.5 Å². The number of amides is 1. The first-order valence-electron chi connectivity index (χ1n) is 10.7. The minimum atomic E-state index is -0.173. The number of methoxy groups -OCH3 is 4. The van der Waals surface area contributed by atoms with Crippen molar-refractivity contribution >= 4 is 5.91 Å². The molecule has 32 heavy (non-hydrogen) atoms. The van der Waals surface area contributed by atoms with Gasteiger partial charge in [-0.25, -0.2) is 0 Å². The van der Waals surface area contributed by atoms with Crippen LogP contribution in [-0.2, 0) is 11.2 Å². The molecule has 2 N–H and O–H groups in total. The zero-order chi connectivity index (χ0) is 23.1. The summed E-state index contributed by atoms with van der Waals surface area (Å²) in [7, 11) is 6.19. The standard InChI is InChI=1S/C24H32N2O6/c1-28-18-6-5-13-26(15-18)24(27)19-14-20(22(30-3)23(31-4)21(19)29-2)32-17-9-7-16(8-10-17)11-12-25/h7-10,14,18H,5-6,11-13,15,25H2,1-4H3. The Morgan fingerprint density at radius 2 is 1.72 bits per heavy atom. The van der Waals surface area contributed by atoms with Crippen LogP contribution in [-0.4, -0.2) is 65.0 Å². The fourth-order valence-electron chi connectivity index (χ4n) is 3.92. The van der Waals surface area contributed by atoms with Crippen molar-refractivity contribution in [2.45, 2.75) is 25.4 Å². The fraction of sp³-hybridized carbons (Fsp3) is 0.458. The van der Waals surface area contributed by atoms with Gasteiger partial charge in [0.25, 0.3) is 5.91 Å². The van der Waals surface area contributed by atoms with E-state index >= 15 is 0 Å². The minimum Gasteiger partial charge on any atom is -0.492 e. The van der Waals surface area contributed by atoms with Crippen LogP contribution in [0, 0.1) is 0 Å². The molecule has 1 amide bonds. The van der Waals surface area contributed by atoms with Crippen LogP contribution in [0.2, 0.25) is 0 Å². The van der Waals surface area contributed by atoms with E-state index in [4.69, 9.17) is 29.4 Å². The normalized spacial score (nSPS) is 15.9. The van der Waals surface area contributed by atoms with Gasteiger partial charge in [-0.15, -0.1) is 0 Å². The molecule has 8 heteroatoms. The number of piperidine rings is 1. The third-order valence-electron chi connectivity index (χ3n) is 5.58. The summed E-state index contributed by atoms with van der Waals surface area (Å²) in [5.74, 6) is 1.75. The van der Waals surface area contributed by atoms with Crippen LogP contribution in [0.3, 0.4) is 0 Å². The van der Waals surface area contributed by atoms with Crippen LogP contribution in [0.15, 0.2) is 30.3 Å². The van der Waals surface area contributed by atoms with E-state index in [-0.39, 0.29) is 12.0 Å². The maximum Gasteiger partial charge on any atom is 0.258 e. The van der Waals surface area contributed by atoms with E-state index in [1.807, 2.05) is 24.3 Å². The Morgan fingerprint density at radius 1 is 1.03 bits per heavy atom. The van der Waals surface area contributed by atoms with E-state index in [1.54, 1.807) is 18.1 Å². The highest BCUT2D eigenvalue weighted by Gasteiger charge is 2.31. The van der Waals surface area contributed by atoms with Crippen LogP contribution in [0.1, 0.15) is 28.8 Å². The summed E-state index contributed by atoms with van der Waals surface area (Å²) in [6, 6.07) is 9.28. The summed E-state index contributed by atoms with van der Waals surface area (Å²) in [5.41, 5.74) is 7.09. The number of carbonyl (C=O) groups is 1. The van der Waals surface area contributed by atoms with E-state index in [0.29, 0.717) is 53.9 Å². The minimum absolute atomic E-state index is 0.0154. The largest absolute Gasteiger partial charge is 0.492 e. The molecule has 8 nitrogen and oxygen atoms in total. The number of rotatable bonds is 9. The Morgan fingerprint density at radius 3 is 2.31 bits per heavy atom. The molecule has 3 rings (SSSR count). The molecule has 1 unspecified atom stereocenters. The van der Waals surface area contributed by atoms with Crippen molar-refractivity contribution < 1.29 is 28.5 Å². The first kappa shape index (κ1) is 23.7. The highest BCUT2D eigenvalue weighted by molar-refractivity contribution is 5.99. The highest BCUT2D eigenvalue weighted by atomic mass is 16.5. The molecule has 0 radical (unpaired) electrons. The molecule has 1 atom stereocenters. The quantitative estimate of drug-likeness (QED) is 0.635. The van der Waals surface area contributed by atoms with Crippen LogP contribution in [0.4, 0.5) is 0 Å². The van der Waals surface area contributed by atoms with Gasteiger partial charge < -0.3 is 34.3 Å². The van der Waals surface area contributed by atoms with Gasteiger partial charge in [0.15, 0.2) is 11.5 Å². The fourth-order valence-corrected chi connectivity index (χ4v) is 3.92. The molecular weight excluding hydrogens is 412 g/mol. The van der Waals surface area contributed by atoms with Crippen molar-refractivity contribution in [3.63, 3.8) is 0 Å². The SMILES string of the molecule is COc1c(Oc2ccc(CCN)cc2)cc(C(=O)N2CCCC(OC)C2)c(OC)c1OC. The Hall–Kier alpha value is -2.97. The van der Waals surface area contributed by atoms with Gasteiger partial charge in [-0.3, -0.25) is 4.79 Å². The third kappa shape index (κ3) is 5.08. The number of nitrogens with two attached hydrogens (primary N) is 1. The zero-order valence-electron chi connectivity index (χ0n) is 19.2. The molecule has 2 aromatic carbocycles. The number of benzene rings is 2. The molecule has 2 aromatic rings. The van der Waals surface area contributed by atoms with Crippen molar-refractivity contribution in [2.24, 2.45) is 5.73 Å². The molecule has 1 aliphatic rings. The molecule has 1 fully saturated rings. The van der Waals surface area contributed by atoms with E-state index in [1.165, 1.54) is 21.3 Å². The number of carbonyl (C=O) groups excluding carboxylic acids is 1. The summed E-state index contributed by atoms with van der Waals surface area (Å²) >= 11 is 0. The lowest BCUT2D eigenvalue weighted by molar-refractivity contribution is 0.0267. The number of likely N-dealkylation sites (tertiary alicyclic amines) is 1. The maximum absolute atomic E-state index is 13.5. The number of hydrogen-bond acceptors (Lipinski definition) is 7. The molecule has 0 bridgehead atoms. The smallest absolute Gasteiger partial charge is 0.258 e. The summed E-state index contributed by atoms with van der Waals surface area (Å²) in [5, 5.41) is 0. The molecule has 1 heterocycles. The average Bonchev–Trinajstić information content (AvgIpc) is 2.84. The van der Waals surface area contributed by atoms with Gasteiger partial charge in [0.05, 0.1) is 33.0 Å². The van der Waals surface area contributed by atoms with E-state index in [2.05, 4.69) is 0 Å². The molecule has 174 valence electrons.